The van der Waals surface area contributed by atoms with Crippen molar-refractivity contribution in [2.45, 2.75) is 6.04 Å². The summed E-state index contributed by atoms with van der Waals surface area (Å²) in [6.07, 6.45) is 8.14. The van der Waals surface area contributed by atoms with E-state index in [0.717, 1.165) is 56.9 Å². The second-order valence-corrected chi connectivity index (χ2v) is 11.5. The van der Waals surface area contributed by atoms with Crippen LogP contribution >= 0.6 is 0 Å². The SMILES string of the molecule is N=C(c1ccc(-c2ccc(-c3nc(-c4ccccc4)nc(-c4ccccc4)n3)cc2)cc1)c1ccccc1C1CN2C=CC=CC2=N1. The maximum atomic E-state index is 9.13. The zero-order valence-corrected chi connectivity index (χ0v) is 25.5. The number of hydrogen-bond acceptors (Lipinski definition) is 6. The zero-order valence-electron chi connectivity index (χ0n) is 25.5. The van der Waals surface area contributed by atoms with Gasteiger partial charge in [-0.2, -0.15) is 0 Å². The molecule has 1 atom stereocenters. The summed E-state index contributed by atoms with van der Waals surface area (Å²) in [6, 6.07) is 44.7. The van der Waals surface area contributed by atoms with Crippen LogP contribution in [0.2, 0.25) is 0 Å². The molecule has 0 radical (unpaired) electrons. The summed E-state index contributed by atoms with van der Waals surface area (Å²) in [5.74, 6) is 2.88. The Balaban J connectivity index is 1.05. The first-order valence-electron chi connectivity index (χ1n) is 15.6. The topological polar surface area (TPSA) is 78.1 Å². The molecule has 8 rings (SSSR count). The van der Waals surface area contributed by atoms with Crippen molar-refractivity contribution in [3.05, 3.63) is 175 Å². The van der Waals surface area contributed by atoms with Crippen molar-refractivity contribution in [1.82, 2.24) is 19.9 Å². The van der Waals surface area contributed by atoms with Crippen molar-refractivity contribution < 1.29 is 0 Å². The second-order valence-electron chi connectivity index (χ2n) is 11.5. The monoisotopic (exact) mass is 606 g/mol. The van der Waals surface area contributed by atoms with Crippen LogP contribution in [0.3, 0.4) is 0 Å². The minimum absolute atomic E-state index is 0.0105. The van der Waals surface area contributed by atoms with Gasteiger partial charge in [0.2, 0.25) is 0 Å². The van der Waals surface area contributed by atoms with E-state index in [1.807, 2.05) is 109 Å². The number of benzene rings is 5. The third-order valence-corrected chi connectivity index (χ3v) is 8.51. The molecule has 2 aliphatic heterocycles. The van der Waals surface area contributed by atoms with Crippen molar-refractivity contribution in [1.29, 1.82) is 5.41 Å². The van der Waals surface area contributed by atoms with E-state index in [-0.39, 0.29) is 6.04 Å². The van der Waals surface area contributed by atoms with Crippen LogP contribution in [0.25, 0.3) is 45.3 Å². The average Bonchev–Trinajstić information content (AvgIpc) is 3.60. The standard InChI is InChI=1S/C41H30N6/c42-38(35-16-8-7-15-34(35)36-27-47-26-10-9-17-37(47)43-36)30-22-18-28(19-23-30)29-20-24-33(25-21-29)41-45-39(31-11-3-1-4-12-31)44-40(46-41)32-13-5-2-6-14-32/h1-26,36,42H,27H2. The largest absolute Gasteiger partial charge is 0.331 e. The molecule has 0 bridgehead atoms. The van der Waals surface area contributed by atoms with Crippen LogP contribution in [0, 0.1) is 5.41 Å². The Bertz CT molecular complexity index is 2110. The van der Waals surface area contributed by atoms with Crippen LogP contribution in [-0.2, 0) is 0 Å². The van der Waals surface area contributed by atoms with Gasteiger partial charge in [-0.1, -0.05) is 140 Å². The minimum atomic E-state index is -0.0105. The first-order chi connectivity index (χ1) is 23.2. The van der Waals surface area contributed by atoms with Gasteiger partial charge in [-0.15, -0.1) is 0 Å². The Hall–Kier alpha value is -6.27. The molecule has 224 valence electrons. The summed E-state index contributed by atoms with van der Waals surface area (Å²) >= 11 is 0. The molecule has 6 nitrogen and oxygen atoms in total. The van der Waals surface area contributed by atoms with Crippen LogP contribution in [0.4, 0.5) is 0 Å². The van der Waals surface area contributed by atoms with E-state index in [9.17, 15) is 0 Å². The van der Waals surface area contributed by atoms with Crippen molar-refractivity contribution in [2.24, 2.45) is 4.99 Å². The highest BCUT2D eigenvalue weighted by Gasteiger charge is 2.27. The smallest absolute Gasteiger partial charge is 0.164 e. The number of aromatic nitrogens is 3. The highest BCUT2D eigenvalue weighted by atomic mass is 15.2. The summed E-state index contributed by atoms with van der Waals surface area (Å²) in [6.45, 7) is 0.779. The van der Waals surface area contributed by atoms with E-state index >= 15 is 0 Å². The van der Waals surface area contributed by atoms with Gasteiger partial charge in [0.25, 0.3) is 0 Å². The van der Waals surface area contributed by atoms with Gasteiger partial charge in [0.1, 0.15) is 5.84 Å². The number of hydrogen-bond donors (Lipinski definition) is 1. The number of allylic oxidation sites excluding steroid dienone is 2. The number of fused-ring (bicyclic) bond motifs is 1. The lowest BCUT2D eigenvalue weighted by Gasteiger charge is -2.18. The van der Waals surface area contributed by atoms with E-state index < -0.39 is 0 Å². The van der Waals surface area contributed by atoms with Crippen molar-refractivity contribution in [3.8, 4) is 45.3 Å². The Labute approximate surface area is 273 Å². The highest BCUT2D eigenvalue weighted by molar-refractivity contribution is 6.12. The molecule has 0 aliphatic carbocycles. The molecule has 0 amide bonds. The molecule has 0 saturated carbocycles. The van der Waals surface area contributed by atoms with Crippen LogP contribution in [0.15, 0.2) is 163 Å². The summed E-state index contributed by atoms with van der Waals surface area (Å²) in [5.41, 5.74) is 8.30. The fourth-order valence-corrected chi connectivity index (χ4v) is 6.04. The molecule has 1 N–H and O–H groups in total. The van der Waals surface area contributed by atoms with Crippen LogP contribution in [0.1, 0.15) is 22.7 Å². The van der Waals surface area contributed by atoms with Crippen LogP contribution in [0.5, 0.6) is 0 Å². The van der Waals surface area contributed by atoms with Gasteiger partial charge in [-0.25, -0.2) is 15.0 Å². The molecule has 3 heterocycles. The van der Waals surface area contributed by atoms with Crippen LogP contribution in [-0.4, -0.2) is 37.9 Å². The maximum absolute atomic E-state index is 9.13. The van der Waals surface area contributed by atoms with Gasteiger partial charge in [0, 0.05) is 34.0 Å². The van der Waals surface area contributed by atoms with Crippen LogP contribution < -0.4 is 0 Å². The van der Waals surface area contributed by atoms with Gasteiger partial charge in [-0.3, -0.25) is 10.4 Å². The molecule has 6 aromatic rings. The van der Waals surface area contributed by atoms with E-state index in [0.29, 0.717) is 23.2 Å². The number of amidine groups is 1. The fourth-order valence-electron chi connectivity index (χ4n) is 6.04. The molecule has 6 heteroatoms. The van der Waals surface area contributed by atoms with E-state index in [1.54, 1.807) is 0 Å². The van der Waals surface area contributed by atoms with Gasteiger partial charge >= 0.3 is 0 Å². The Morgan fingerprint density at radius 3 is 1.66 bits per heavy atom. The highest BCUT2D eigenvalue weighted by Crippen LogP contribution is 2.31. The lowest BCUT2D eigenvalue weighted by Crippen LogP contribution is -2.22. The summed E-state index contributed by atoms with van der Waals surface area (Å²) < 4.78 is 0. The first-order valence-corrected chi connectivity index (χ1v) is 15.6. The fraction of sp³-hybridized carbons (Fsp3) is 0.0488. The van der Waals surface area contributed by atoms with E-state index in [4.69, 9.17) is 25.4 Å². The first kappa shape index (κ1) is 28.2. The lowest BCUT2D eigenvalue weighted by atomic mass is 9.93. The van der Waals surface area contributed by atoms with Crippen molar-refractivity contribution >= 4 is 11.5 Å². The molecule has 5 aromatic carbocycles. The van der Waals surface area contributed by atoms with Gasteiger partial charge in [0.15, 0.2) is 17.5 Å². The predicted molar refractivity (Wildman–Crippen MR) is 189 cm³/mol. The normalized spacial score (nSPS) is 14.9. The molecule has 1 unspecified atom stereocenters. The third-order valence-electron chi connectivity index (χ3n) is 8.51. The number of nitrogens with zero attached hydrogens (tertiary/aromatic N) is 5. The minimum Gasteiger partial charge on any atom is -0.331 e. The number of rotatable bonds is 7. The molecule has 2 aliphatic rings. The number of nitrogens with one attached hydrogen (secondary N) is 1. The molecule has 1 aromatic heterocycles. The molecule has 0 saturated heterocycles. The predicted octanol–water partition coefficient (Wildman–Crippen LogP) is 8.79. The Morgan fingerprint density at radius 2 is 1.06 bits per heavy atom. The molecular weight excluding hydrogens is 576 g/mol. The summed E-state index contributed by atoms with van der Waals surface area (Å²) in [7, 11) is 0. The zero-order chi connectivity index (χ0) is 31.6. The summed E-state index contributed by atoms with van der Waals surface area (Å²) in [5, 5.41) is 9.13. The molecular formula is C41H30N6. The van der Waals surface area contributed by atoms with E-state index in [1.165, 1.54) is 0 Å². The van der Waals surface area contributed by atoms with E-state index in [2.05, 4.69) is 53.6 Å². The molecule has 0 fully saturated rings. The molecule has 47 heavy (non-hydrogen) atoms. The Kier molecular flexibility index (Phi) is 7.36. The average molecular weight is 607 g/mol. The van der Waals surface area contributed by atoms with Gasteiger partial charge in [-0.05, 0) is 28.8 Å². The second kappa shape index (κ2) is 12.3. The number of aliphatic imine (C=N–C) groups is 1. The Morgan fingerprint density at radius 1 is 0.553 bits per heavy atom. The quantitative estimate of drug-likeness (QED) is 0.184. The van der Waals surface area contributed by atoms with Crippen molar-refractivity contribution in [3.63, 3.8) is 0 Å². The summed E-state index contributed by atoms with van der Waals surface area (Å²) in [4.78, 5) is 21.6. The maximum Gasteiger partial charge on any atom is 0.164 e. The molecule has 0 spiro atoms. The lowest BCUT2D eigenvalue weighted by molar-refractivity contribution is 0.550. The van der Waals surface area contributed by atoms with Crippen molar-refractivity contribution in [2.75, 3.05) is 6.54 Å². The third kappa shape index (κ3) is 5.69. The van der Waals surface area contributed by atoms with Gasteiger partial charge < -0.3 is 4.90 Å². The van der Waals surface area contributed by atoms with Gasteiger partial charge in [0.05, 0.1) is 18.3 Å².